The molecule has 0 radical (unpaired) electrons. The second kappa shape index (κ2) is 6.43. The number of hydrogen-bond donors (Lipinski definition) is 2. The van der Waals surface area contributed by atoms with Gasteiger partial charge in [0.1, 0.15) is 11.6 Å². The van der Waals surface area contributed by atoms with Crippen molar-refractivity contribution >= 4 is 16.9 Å². The van der Waals surface area contributed by atoms with E-state index in [0.717, 1.165) is 30.6 Å². The maximum Gasteiger partial charge on any atom is 0.177 e. The first kappa shape index (κ1) is 14.3. The van der Waals surface area contributed by atoms with Crippen molar-refractivity contribution in [3.05, 3.63) is 66.2 Å². The lowest BCUT2D eigenvalue weighted by molar-refractivity contribution is 0.511. The molecule has 112 valence electrons. The molecule has 0 atom stereocenters. The fourth-order valence-corrected chi connectivity index (χ4v) is 2.57. The molecule has 2 aromatic heterocycles. The minimum Gasteiger partial charge on any atom is -0.507 e. The van der Waals surface area contributed by atoms with Crippen molar-refractivity contribution in [2.45, 2.75) is 25.7 Å². The Morgan fingerprint density at radius 1 is 1.45 bits per heavy atom. The Morgan fingerprint density at radius 3 is 3.23 bits per heavy atom. The summed E-state index contributed by atoms with van der Waals surface area (Å²) in [6.07, 6.45) is 15.5. The zero-order valence-corrected chi connectivity index (χ0v) is 12.4. The van der Waals surface area contributed by atoms with Gasteiger partial charge in [0.2, 0.25) is 0 Å². The summed E-state index contributed by atoms with van der Waals surface area (Å²) in [5, 5.41) is 9.88. The maximum atomic E-state index is 9.88. The number of H-pyrrole nitrogens is 1. The van der Waals surface area contributed by atoms with Gasteiger partial charge in [-0.1, -0.05) is 36.5 Å². The summed E-state index contributed by atoms with van der Waals surface area (Å²) in [6, 6.07) is 1.86. The molecule has 0 saturated carbocycles. The highest BCUT2D eigenvalue weighted by Crippen LogP contribution is 2.20. The fourth-order valence-electron chi connectivity index (χ4n) is 2.57. The molecular formula is C18H19N3O. The van der Waals surface area contributed by atoms with E-state index in [1.54, 1.807) is 18.3 Å². The van der Waals surface area contributed by atoms with Crippen molar-refractivity contribution in [1.29, 1.82) is 0 Å². The Hall–Kier alpha value is -2.62. The molecule has 0 saturated heterocycles. The Labute approximate surface area is 129 Å². The van der Waals surface area contributed by atoms with Crippen LogP contribution >= 0.6 is 0 Å². The van der Waals surface area contributed by atoms with E-state index in [0.29, 0.717) is 11.2 Å². The van der Waals surface area contributed by atoms with Crippen LogP contribution in [0.2, 0.25) is 0 Å². The Bertz CT molecular complexity index is 781. The number of aliphatic hydroxyl groups excluding tert-OH is 1. The summed E-state index contributed by atoms with van der Waals surface area (Å²) in [6.45, 7) is 3.58. The van der Waals surface area contributed by atoms with Crippen LogP contribution in [0.1, 0.15) is 30.7 Å². The number of pyridine rings is 1. The van der Waals surface area contributed by atoms with Crippen LogP contribution in [0, 0.1) is 0 Å². The van der Waals surface area contributed by atoms with E-state index in [2.05, 4.69) is 39.8 Å². The molecule has 0 aliphatic heterocycles. The molecule has 0 unspecified atom stereocenters. The Kier molecular flexibility index (Phi) is 4.19. The van der Waals surface area contributed by atoms with Crippen LogP contribution in [0.25, 0.3) is 16.9 Å². The van der Waals surface area contributed by atoms with Crippen LogP contribution in [0.5, 0.6) is 0 Å². The molecule has 1 aliphatic rings. The minimum atomic E-state index is 0.150. The third-order valence-electron chi connectivity index (χ3n) is 3.69. The summed E-state index contributed by atoms with van der Waals surface area (Å²) in [5.41, 5.74) is 3.54. The molecule has 2 heterocycles. The number of rotatable bonds is 4. The number of allylic oxidation sites excluding steroid dienone is 6. The molecule has 0 amide bonds. The minimum absolute atomic E-state index is 0.150. The van der Waals surface area contributed by atoms with Crippen molar-refractivity contribution in [3.8, 4) is 0 Å². The smallest absolute Gasteiger partial charge is 0.177 e. The number of nitrogens with zero attached hydrogens (tertiary/aromatic N) is 2. The standard InChI is InChI=1S/C18H19N3O/c1-2-7-16(22)14-11-15-18(19-12-14)21-17(20-15)10-13-8-5-3-4-6-9-13/h2-3,5,7-8,11-12,22H,1,4,6,9-10H2,(H,19,20,21)/b16-7-. The van der Waals surface area contributed by atoms with Gasteiger partial charge in [-0.2, -0.15) is 0 Å². The van der Waals surface area contributed by atoms with Crippen LogP contribution in [0.3, 0.4) is 0 Å². The Balaban J connectivity index is 1.86. The van der Waals surface area contributed by atoms with E-state index in [1.807, 2.05) is 6.07 Å². The van der Waals surface area contributed by atoms with Crippen LogP contribution in [-0.2, 0) is 6.42 Å². The molecular weight excluding hydrogens is 274 g/mol. The molecule has 4 nitrogen and oxygen atoms in total. The maximum absolute atomic E-state index is 9.88. The molecule has 0 fully saturated rings. The number of aromatic amines is 1. The third-order valence-corrected chi connectivity index (χ3v) is 3.69. The quantitative estimate of drug-likeness (QED) is 0.654. The predicted octanol–water partition coefficient (Wildman–Crippen LogP) is 4.25. The van der Waals surface area contributed by atoms with Gasteiger partial charge in [0.15, 0.2) is 5.65 Å². The highest BCUT2D eigenvalue weighted by atomic mass is 16.3. The van der Waals surface area contributed by atoms with Crippen LogP contribution < -0.4 is 0 Å². The van der Waals surface area contributed by atoms with Crippen molar-refractivity contribution in [2.75, 3.05) is 0 Å². The number of fused-ring (bicyclic) bond motifs is 1. The van der Waals surface area contributed by atoms with Crippen molar-refractivity contribution < 1.29 is 5.11 Å². The lowest BCUT2D eigenvalue weighted by Gasteiger charge is -2.01. The van der Waals surface area contributed by atoms with E-state index >= 15 is 0 Å². The number of nitrogens with one attached hydrogen (secondary N) is 1. The molecule has 3 rings (SSSR count). The van der Waals surface area contributed by atoms with Gasteiger partial charge in [-0.05, 0) is 31.4 Å². The van der Waals surface area contributed by atoms with Crippen LogP contribution in [0.4, 0.5) is 0 Å². The highest BCUT2D eigenvalue weighted by molar-refractivity contribution is 5.75. The van der Waals surface area contributed by atoms with Gasteiger partial charge in [-0.25, -0.2) is 9.97 Å². The predicted molar refractivity (Wildman–Crippen MR) is 89.5 cm³/mol. The van der Waals surface area contributed by atoms with Gasteiger partial charge in [0.05, 0.1) is 5.52 Å². The first-order valence-corrected chi connectivity index (χ1v) is 7.47. The van der Waals surface area contributed by atoms with E-state index in [9.17, 15) is 5.11 Å². The van der Waals surface area contributed by atoms with Gasteiger partial charge in [-0.3, -0.25) is 0 Å². The number of hydrogen-bond acceptors (Lipinski definition) is 3. The summed E-state index contributed by atoms with van der Waals surface area (Å²) in [4.78, 5) is 12.1. The number of aliphatic hydroxyl groups is 1. The average Bonchev–Trinajstić information content (AvgIpc) is 2.73. The topological polar surface area (TPSA) is 61.8 Å². The second-order valence-corrected chi connectivity index (χ2v) is 5.39. The third kappa shape index (κ3) is 3.17. The zero-order chi connectivity index (χ0) is 15.4. The molecule has 0 aromatic carbocycles. The molecule has 4 heteroatoms. The summed E-state index contributed by atoms with van der Waals surface area (Å²) in [7, 11) is 0. The second-order valence-electron chi connectivity index (χ2n) is 5.39. The van der Waals surface area contributed by atoms with Gasteiger partial charge >= 0.3 is 0 Å². The summed E-state index contributed by atoms with van der Waals surface area (Å²) < 4.78 is 0. The van der Waals surface area contributed by atoms with E-state index in [-0.39, 0.29) is 5.76 Å². The normalized spacial score (nSPS) is 15.6. The van der Waals surface area contributed by atoms with Gasteiger partial charge < -0.3 is 10.1 Å². The monoisotopic (exact) mass is 293 g/mol. The summed E-state index contributed by atoms with van der Waals surface area (Å²) in [5.74, 6) is 1.06. The van der Waals surface area contributed by atoms with Crippen LogP contribution in [-0.4, -0.2) is 20.1 Å². The summed E-state index contributed by atoms with van der Waals surface area (Å²) >= 11 is 0. The Morgan fingerprint density at radius 2 is 2.36 bits per heavy atom. The van der Waals surface area contributed by atoms with Crippen molar-refractivity contribution in [2.24, 2.45) is 0 Å². The molecule has 22 heavy (non-hydrogen) atoms. The van der Waals surface area contributed by atoms with E-state index in [1.165, 1.54) is 12.0 Å². The first-order chi connectivity index (χ1) is 10.8. The lowest BCUT2D eigenvalue weighted by atomic mass is 10.1. The van der Waals surface area contributed by atoms with E-state index in [4.69, 9.17) is 0 Å². The van der Waals surface area contributed by atoms with Gasteiger partial charge in [-0.15, -0.1) is 0 Å². The fraction of sp³-hybridized carbons (Fsp3) is 0.222. The highest BCUT2D eigenvalue weighted by Gasteiger charge is 2.09. The molecule has 2 aromatic rings. The first-order valence-electron chi connectivity index (χ1n) is 7.47. The molecule has 2 N–H and O–H groups in total. The van der Waals surface area contributed by atoms with E-state index < -0.39 is 0 Å². The zero-order valence-electron chi connectivity index (χ0n) is 12.4. The van der Waals surface area contributed by atoms with Gasteiger partial charge in [0, 0.05) is 18.2 Å². The van der Waals surface area contributed by atoms with Crippen LogP contribution in [0.15, 0.2) is 54.8 Å². The SMILES string of the molecule is C=C/C=C(\O)c1cnc2nc(CC3=CC=CCCC3)[nH]c2c1. The van der Waals surface area contributed by atoms with Crippen molar-refractivity contribution in [3.63, 3.8) is 0 Å². The largest absolute Gasteiger partial charge is 0.507 e. The van der Waals surface area contributed by atoms with Gasteiger partial charge in [0.25, 0.3) is 0 Å². The molecule has 0 spiro atoms. The molecule has 0 bridgehead atoms. The number of aromatic nitrogens is 3. The number of imidazole rings is 1. The molecule has 1 aliphatic carbocycles. The van der Waals surface area contributed by atoms with Crippen molar-refractivity contribution in [1.82, 2.24) is 15.0 Å². The average molecular weight is 293 g/mol. The lowest BCUT2D eigenvalue weighted by Crippen LogP contribution is -1.92.